The molecule has 1 aliphatic heterocycles. The highest BCUT2D eigenvalue weighted by Crippen LogP contribution is 2.33. The van der Waals surface area contributed by atoms with Gasteiger partial charge in [0.05, 0.1) is 6.04 Å². The van der Waals surface area contributed by atoms with Crippen LogP contribution in [0.2, 0.25) is 0 Å². The molecular weight excluding hydrogens is 308 g/mol. The number of hydrogen-bond acceptors (Lipinski definition) is 5. The van der Waals surface area contributed by atoms with Crippen molar-refractivity contribution >= 4 is 22.4 Å². The summed E-state index contributed by atoms with van der Waals surface area (Å²) < 4.78 is 0. The number of rotatable bonds is 5. The molecule has 2 aromatic rings. The van der Waals surface area contributed by atoms with Crippen LogP contribution in [0.15, 0.2) is 41.9 Å². The molecule has 3 N–H and O–H groups in total. The molecule has 1 saturated heterocycles. The van der Waals surface area contributed by atoms with E-state index in [0.29, 0.717) is 23.5 Å². The molecule has 122 valence electrons. The molecule has 1 aromatic carbocycles. The van der Waals surface area contributed by atoms with Crippen LogP contribution in [0, 0.1) is 5.92 Å². The minimum Gasteiger partial charge on any atom is -0.330 e. The van der Waals surface area contributed by atoms with Gasteiger partial charge < -0.3 is 11.1 Å². The molecule has 1 fully saturated rings. The number of amides is 1. The van der Waals surface area contributed by atoms with Crippen LogP contribution < -0.4 is 11.1 Å². The van der Waals surface area contributed by atoms with E-state index in [1.165, 1.54) is 16.9 Å². The average Bonchev–Trinajstić information content (AvgIpc) is 3.24. The van der Waals surface area contributed by atoms with Gasteiger partial charge in [0.25, 0.3) is 0 Å². The highest BCUT2D eigenvalue weighted by Gasteiger charge is 2.36. The molecule has 0 aliphatic carbocycles. The van der Waals surface area contributed by atoms with E-state index in [1.54, 1.807) is 6.20 Å². The zero-order valence-corrected chi connectivity index (χ0v) is 14.0. The van der Waals surface area contributed by atoms with Crippen molar-refractivity contribution in [2.45, 2.75) is 18.9 Å². The predicted octanol–water partition coefficient (Wildman–Crippen LogP) is 2.14. The van der Waals surface area contributed by atoms with Gasteiger partial charge in [-0.3, -0.25) is 9.69 Å². The second-order valence-electron chi connectivity index (χ2n) is 5.97. The summed E-state index contributed by atoms with van der Waals surface area (Å²) in [5.74, 6) is 0.758. The number of benzene rings is 1. The van der Waals surface area contributed by atoms with Crippen LogP contribution in [-0.4, -0.2) is 41.5 Å². The fraction of sp³-hybridized carbons (Fsp3) is 0.412. The molecule has 5 nitrogen and oxygen atoms in total. The molecule has 0 spiro atoms. The fourth-order valence-electron chi connectivity index (χ4n) is 3.20. The molecule has 1 aromatic heterocycles. The second kappa shape index (κ2) is 7.21. The Labute approximate surface area is 140 Å². The number of likely N-dealkylation sites (tertiary alicyclic amines) is 1. The summed E-state index contributed by atoms with van der Waals surface area (Å²) in [7, 11) is 0. The van der Waals surface area contributed by atoms with E-state index in [-0.39, 0.29) is 11.9 Å². The van der Waals surface area contributed by atoms with Crippen molar-refractivity contribution in [2.75, 3.05) is 25.0 Å². The lowest BCUT2D eigenvalue weighted by Gasteiger charge is -2.23. The first kappa shape index (κ1) is 16.1. The molecule has 0 saturated carbocycles. The zero-order valence-electron chi connectivity index (χ0n) is 13.2. The van der Waals surface area contributed by atoms with Gasteiger partial charge in [-0.2, -0.15) is 0 Å². The maximum Gasteiger partial charge on any atom is 0.243 e. The van der Waals surface area contributed by atoms with E-state index >= 15 is 0 Å². The lowest BCUT2D eigenvalue weighted by atomic mass is 9.89. The van der Waals surface area contributed by atoms with Gasteiger partial charge in [0.1, 0.15) is 0 Å². The highest BCUT2D eigenvalue weighted by molar-refractivity contribution is 7.13. The number of hydrogen-bond donors (Lipinski definition) is 2. The van der Waals surface area contributed by atoms with Gasteiger partial charge in [-0.05, 0) is 24.9 Å². The lowest BCUT2D eigenvalue weighted by molar-refractivity contribution is -0.120. The molecule has 3 atom stereocenters. The second-order valence-corrected chi connectivity index (χ2v) is 6.86. The maximum atomic E-state index is 12.4. The predicted molar refractivity (Wildman–Crippen MR) is 93.5 cm³/mol. The van der Waals surface area contributed by atoms with Crippen molar-refractivity contribution in [1.82, 2.24) is 9.88 Å². The third-order valence-corrected chi connectivity index (χ3v) is 5.28. The van der Waals surface area contributed by atoms with Crippen LogP contribution in [-0.2, 0) is 4.79 Å². The normalized spacial score (nSPS) is 22.9. The van der Waals surface area contributed by atoms with Crippen molar-refractivity contribution in [2.24, 2.45) is 11.7 Å². The van der Waals surface area contributed by atoms with Crippen LogP contribution in [0.1, 0.15) is 18.4 Å². The van der Waals surface area contributed by atoms with Crippen molar-refractivity contribution in [3.63, 3.8) is 0 Å². The van der Waals surface area contributed by atoms with Gasteiger partial charge in [-0.25, -0.2) is 4.98 Å². The highest BCUT2D eigenvalue weighted by atomic mass is 32.1. The third-order valence-electron chi connectivity index (χ3n) is 4.59. The van der Waals surface area contributed by atoms with Crippen LogP contribution in [0.25, 0.3) is 0 Å². The first-order valence-corrected chi connectivity index (χ1v) is 8.76. The smallest absolute Gasteiger partial charge is 0.243 e. The minimum absolute atomic E-state index is 0.00978. The van der Waals surface area contributed by atoms with Crippen molar-refractivity contribution in [3.05, 3.63) is 47.5 Å². The van der Waals surface area contributed by atoms with Crippen molar-refractivity contribution < 1.29 is 4.79 Å². The molecular formula is C17H22N4OS. The molecule has 2 heterocycles. The standard InChI is InChI=1S/C17H22N4OS/c1-12(16(22)20-17-19-7-8-23-17)21-10-14(9-18)15(11-21)13-5-3-2-4-6-13/h2-8,12,14-15H,9-11,18H2,1H3,(H,19,20,22)/t12?,14-,15+/m1/s1. The largest absolute Gasteiger partial charge is 0.330 e. The molecule has 1 unspecified atom stereocenters. The van der Waals surface area contributed by atoms with Gasteiger partial charge in [-0.1, -0.05) is 30.3 Å². The van der Waals surface area contributed by atoms with Crippen LogP contribution >= 0.6 is 11.3 Å². The summed E-state index contributed by atoms with van der Waals surface area (Å²) in [6.45, 7) is 4.29. The molecule has 3 rings (SSSR count). The Balaban J connectivity index is 1.68. The van der Waals surface area contributed by atoms with E-state index in [0.717, 1.165) is 13.1 Å². The number of carbonyl (C=O) groups excluding carboxylic acids is 1. The average molecular weight is 330 g/mol. The number of aromatic nitrogens is 1. The van der Waals surface area contributed by atoms with Crippen molar-refractivity contribution in [1.29, 1.82) is 0 Å². The summed E-state index contributed by atoms with van der Waals surface area (Å²) in [6.07, 6.45) is 1.69. The minimum atomic E-state index is -0.193. The molecule has 0 radical (unpaired) electrons. The van der Waals surface area contributed by atoms with Crippen LogP contribution in [0.5, 0.6) is 0 Å². The summed E-state index contributed by atoms with van der Waals surface area (Å²) in [5.41, 5.74) is 7.28. The summed E-state index contributed by atoms with van der Waals surface area (Å²) >= 11 is 1.43. The monoisotopic (exact) mass is 330 g/mol. The van der Waals surface area contributed by atoms with Gasteiger partial charge in [0.2, 0.25) is 5.91 Å². The van der Waals surface area contributed by atoms with E-state index in [2.05, 4.69) is 39.5 Å². The summed E-state index contributed by atoms with van der Waals surface area (Å²) in [6, 6.07) is 10.3. The van der Waals surface area contributed by atoms with E-state index in [9.17, 15) is 4.79 Å². The molecule has 6 heteroatoms. The van der Waals surface area contributed by atoms with Gasteiger partial charge in [-0.15, -0.1) is 11.3 Å². The Morgan fingerprint density at radius 2 is 2.22 bits per heavy atom. The van der Waals surface area contributed by atoms with Gasteiger partial charge >= 0.3 is 0 Å². The quantitative estimate of drug-likeness (QED) is 0.881. The number of nitrogens with two attached hydrogens (primary N) is 1. The van der Waals surface area contributed by atoms with Crippen LogP contribution in [0.4, 0.5) is 5.13 Å². The molecule has 1 amide bonds. The number of nitrogens with one attached hydrogen (secondary N) is 1. The lowest BCUT2D eigenvalue weighted by Crippen LogP contribution is -2.41. The zero-order chi connectivity index (χ0) is 16.2. The Kier molecular flexibility index (Phi) is 5.05. The fourth-order valence-corrected chi connectivity index (χ4v) is 3.73. The molecule has 23 heavy (non-hydrogen) atoms. The van der Waals surface area contributed by atoms with E-state index in [1.807, 2.05) is 18.4 Å². The van der Waals surface area contributed by atoms with E-state index < -0.39 is 0 Å². The number of nitrogens with zero attached hydrogens (tertiary/aromatic N) is 2. The SMILES string of the molecule is CC(C(=O)Nc1nccs1)N1C[C@@H](CN)[C@H](c2ccccc2)C1. The Morgan fingerprint density at radius 3 is 2.87 bits per heavy atom. The number of anilines is 1. The van der Waals surface area contributed by atoms with E-state index in [4.69, 9.17) is 5.73 Å². The first-order valence-electron chi connectivity index (χ1n) is 7.88. The number of carbonyl (C=O) groups is 1. The maximum absolute atomic E-state index is 12.4. The van der Waals surface area contributed by atoms with Gasteiger partial charge in [0.15, 0.2) is 5.13 Å². The van der Waals surface area contributed by atoms with Crippen molar-refractivity contribution in [3.8, 4) is 0 Å². The summed E-state index contributed by atoms with van der Waals surface area (Å²) in [5, 5.41) is 5.38. The summed E-state index contributed by atoms with van der Waals surface area (Å²) in [4.78, 5) is 18.7. The van der Waals surface area contributed by atoms with Crippen LogP contribution in [0.3, 0.4) is 0 Å². The molecule has 1 aliphatic rings. The Hall–Kier alpha value is -1.76. The Morgan fingerprint density at radius 1 is 1.43 bits per heavy atom. The Bertz CT molecular complexity index is 631. The topological polar surface area (TPSA) is 71.2 Å². The molecule has 0 bridgehead atoms. The van der Waals surface area contributed by atoms with Gasteiger partial charge in [0, 0.05) is 30.6 Å². The third kappa shape index (κ3) is 3.60. The number of thiazole rings is 1. The first-order chi connectivity index (χ1) is 11.2.